The number of nitrogens with zero attached hydrogens (tertiary/aromatic N) is 1. The van der Waals surface area contributed by atoms with Crippen LogP contribution in [0.2, 0.25) is 0 Å². The number of rotatable bonds is 3. The molecule has 1 aromatic rings. The van der Waals surface area contributed by atoms with E-state index in [0.29, 0.717) is 12.5 Å². The lowest BCUT2D eigenvalue weighted by Gasteiger charge is -2.36. The van der Waals surface area contributed by atoms with Gasteiger partial charge in [-0.15, -0.1) is 0 Å². The van der Waals surface area contributed by atoms with Crippen molar-refractivity contribution in [2.75, 3.05) is 6.54 Å². The van der Waals surface area contributed by atoms with Crippen molar-refractivity contribution in [3.05, 3.63) is 29.6 Å². The van der Waals surface area contributed by atoms with Crippen LogP contribution in [0.1, 0.15) is 32.3 Å². The van der Waals surface area contributed by atoms with E-state index in [9.17, 15) is 12.8 Å². The molecule has 0 saturated carbocycles. The van der Waals surface area contributed by atoms with E-state index in [1.165, 1.54) is 22.5 Å². The smallest absolute Gasteiger partial charge is 0.243 e. The van der Waals surface area contributed by atoms with Crippen molar-refractivity contribution in [3.63, 3.8) is 0 Å². The molecule has 2 unspecified atom stereocenters. The zero-order valence-electron chi connectivity index (χ0n) is 11.8. The Bertz CT molecular complexity index is 589. The minimum absolute atomic E-state index is 0.000880. The molecule has 4 nitrogen and oxygen atoms in total. The number of sulfonamides is 1. The van der Waals surface area contributed by atoms with Gasteiger partial charge in [0.1, 0.15) is 5.82 Å². The van der Waals surface area contributed by atoms with E-state index in [1.54, 1.807) is 0 Å². The lowest BCUT2D eigenvalue weighted by Crippen LogP contribution is -2.45. The summed E-state index contributed by atoms with van der Waals surface area (Å²) in [6.07, 6.45) is 1.84. The van der Waals surface area contributed by atoms with E-state index < -0.39 is 15.8 Å². The van der Waals surface area contributed by atoms with Crippen molar-refractivity contribution in [2.24, 2.45) is 11.7 Å². The van der Waals surface area contributed by atoms with Gasteiger partial charge in [0, 0.05) is 24.7 Å². The predicted octanol–water partition coefficient (Wildman–Crippen LogP) is 2.09. The molecule has 6 heteroatoms. The summed E-state index contributed by atoms with van der Waals surface area (Å²) in [4.78, 5) is 0.000880. The van der Waals surface area contributed by atoms with E-state index in [-0.39, 0.29) is 23.0 Å². The highest BCUT2D eigenvalue weighted by Crippen LogP contribution is 2.30. The molecule has 1 fully saturated rings. The average Bonchev–Trinajstić information content (AvgIpc) is 2.41. The second kappa shape index (κ2) is 5.79. The maximum Gasteiger partial charge on any atom is 0.243 e. The monoisotopic (exact) mass is 300 g/mol. The molecule has 112 valence electrons. The summed E-state index contributed by atoms with van der Waals surface area (Å²) in [6, 6.07) is 4.03. The minimum atomic E-state index is -3.70. The largest absolute Gasteiger partial charge is 0.326 e. The fraction of sp³-hybridized carbons (Fsp3) is 0.571. The molecule has 1 saturated heterocycles. The Morgan fingerprint density at radius 2 is 2.05 bits per heavy atom. The lowest BCUT2D eigenvalue weighted by atomic mass is 9.97. The standard InChI is InChI=1S/C14H21FN2O2S/c1-10-6-7-11(2)17(9-10)20(18,19)14-5-3-4-13(15)12(14)8-16/h3-5,10-11H,6-9,16H2,1-2H3. The Labute approximate surface area is 119 Å². The van der Waals surface area contributed by atoms with Crippen LogP contribution in [0, 0.1) is 11.7 Å². The van der Waals surface area contributed by atoms with Crippen molar-refractivity contribution in [3.8, 4) is 0 Å². The Morgan fingerprint density at radius 1 is 1.35 bits per heavy atom. The van der Waals surface area contributed by atoms with Gasteiger partial charge in [-0.25, -0.2) is 12.8 Å². The third-order valence-electron chi connectivity index (χ3n) is 3.93. The maximum absolute atomic E-state index is 13.8. The van der Waals surface area contributed by atoms with Crippen LogP contribution in [0.5, 0.6) is 0 Å². The SMILES string of the molecule is CC1CCC(C)N(S(=O)(=O)c2cccc(F)c2CN)C1. The van der Waals surface area contributed by atoms with Gasteiger partial charge in [-0.2, -0.15) is 4.31 Å². The summed E-state index contributed by atoms with van der Waals surface area (Å²) >= 11 is 0. The van der Waals surface area contributed by atoms with Crippen LogP contribution in [0.15, 0.2) is 23.1 Å². The fourth-order valence-corrected chi connectivity index (χ4v) is 4.71. The summed E-state index contributed by atoms with van der Waals surface area (Å²) in [7, 11) is -3.70. The predicted molar refractivity (Wildman–Crippen MR) is 76.0 cm³/mol. The Morgan fingerprint density at radius 3 is 2.70 bits per heavy atom. The topological polar surface area (TPSA) is 63.4 Å². The Kier molecular flexibility index (Phi) is 4.46. The summed E-state index contributed by atoms with van der Waals surface area (Å²) in [6.45, 7) is 4.28. The molecule has 1 aromatic carbocycles. The minimum Gasteiger partial charge on any atom is -0.326 e. The normalized spacial score (nSPS) is 24.8. The highest BCUT2D eigenvalue weighted by Gasteiger charge is 2.35. The van der Waals surface area contributed by atoms with E-state index in [1.807, 2.05) is 13.8 Å². The van der Waals surface area contributed by atoms with Crippen LogP contribution in [-0.2, 0) is 16.6 Å². The van der Waals surface area contributed by atoms with E-state index >= 15 is 0 Å². The highest BCUT2D eigenvalue weighted by atomic mass is 32.2. The molecule has 0 aromatic heterocycles. The van der Waals surface area contributed by atoms with Crippen LogP contribution >= 0.6 is 0 Å². The number of halogens is 1. The quantitative estimate of drug-likeness (QED) is 0.929. The first-order chi connectivity index (χ1) is 9.37. The van der Waals surface area contributed by atoms with Gasteiger partial charge in [0.25, 0.3) is 0 Å². The van der Waals surface area contributed by atoms with E-state index in [2.05, 4.69) is 0 Å². The van der Waals surface area contributed by atoms with Crippen molar-refractivity contribution < 1.29 is 12.8 Å². The first kappa shape index (κ1) is 15.4. The van der Waals surface area contributed by atoms with Crippen molar-refractivity contribution >= 4 is 10.0 Å². The van der Waals surface area contributed by atoms with Gasteiger partial charge < -0.3 is 5.73 Å². The van der Waals surface area contributed by atoms with Crippen LogP contribution in [-0.4, -0.2) is 25.3 Å². The molecule has 0 amide bonds. The van der Waals surface area contributed by atoms with E-state index in [0.717, 1.165) is 12.8 Å². The fourth-order valence-electron chi connectivity index (χ4n) is 2.69. The molecule has 0 spiro atoms. The second-order valence-corrected chi connectivity index (χ2v) is 7.39. The van der Waals surface area contributed by atoms with Crippen LogP contribution in [0.4, 0.5) is 4.39 Å². The molecule has 0 aliphatic carbocycles. The summed E-state index contributed by atoms with van der Waals surface area (Å²) in [5.74, 6) is -0.248. The van der Waals surface area contributed by atoms with Crippen LogP contribution in [0.3, 0.4) is 0 Å². The van der Waals surface area contributed by atoms with Gasteiger partial charge in [0.15, 0.2) is 0 Å². The third-order valence-corrected chi connectivity index (χ3v) is 5.99. The average molecular weight is 300 g/mol. The third kappa shape index (κ3) is 2.73. The molecule has 2 rings (SSSR count). The van der Waals surface area contributed by atoms with Gasteiger partial charge in [-0.05, 0) is 37.8 Å². The van der Waals surface area contributed by atoms with Crippen LogP contribution in [0.25, 0.3) is 0 Å². The molecule has 1 aliphatic rings. The van der Waals surface area contributed by atoms with Crippen LogP contribution < -0.4 is 5.73 Å². The van der Waals surface area contributed by atoms with Crippen molar-refractivity contribution in [2.45, 2.75) is 44.2 Å². The van der Waals surface area contributed by atoms with E-state index in [4.69, 9.17) is 5.73 Å². The Hall–Kier alpha value is -0.980. The zero-order chi connectivity index (χ0) is 14.9. The molecule has 0 bridgehead atoms. The number of benzene rings is 1. The summed E-state index contributed by atoms with van der Waals surface area (Å²) in [5.41, 5.74) is 5.58. The number of hydrogen-bond acceptors (Lipinski definition) is 3. The molecule has 1 heterocycles. The van der Waals surface area contributed by atoms with Crippen molar-refractivity contribution in [1.29, 1.82) is 0 Å². The molecule has 2 atom stereocenters. The number of piperidine rings is 1. The maximum atomic E-state index is 13.8. The molecular formula is C14H21FN2O2S. The molecule has 2 N–H and O–H groups in total. The summed E-state index contributed by atoms with van der Waals surface area (Å²) < 4.78 is 40.8. The molecule has 1 aliphatic heterocycles. The van der Waals surface area contributed by atoms with Gasteiger partial charge >= 0.3 is 0 Å². The first-order valence-corrected chi connectivity index (χ1v) is 8.31. The van der Waals surface area contributed by atoms with Gasteiger partial charge in [-0.3, -0.25) is 0 Å². The number of nitrogens with two attached hydrogens (primary N) is 1. The van der Waals surface area contributed by atoms with Gasteiger partial charge in [-0.1, -0.05) is 13.0 Å². The Balaban J connectivity index is 2.47. The lowest BCUT2D eigenvalue weighted by molar-refractivity contribution is 0.218. The first-order valence-electron chi connectivity index (χ1n) is 6.87. The molecule has 0 radical (unpaired) electrons. The van der Waals surface area contributed by atoms with Gasteiger partial charge in [0.05, 0.1) is 4.90 Å². The summed E-state index contributed by atoms with van der Waals surface area (Å²) in [5, 5.41) is 0. The number of hydrogen-bond donors (Lipinski definition) is 1. The highest BCUT2D eigenvalue weighted by molar-refractivity contribution is 7.89. The molecule has 20 heavy (non-hydrogen) atoms. The van der Waals surface area contributed by atoms with Crippen molar-refractivity contribution in [1.82, 2.24) is 4.31 Å². The second-order valence-electron chi connectivity index (χ2n) is 5.53. The molecular weight excluding hydrogens is 279 g/mol. The zero-order valence-corrected chi connectivity index (χ0v) is 12.7. The van der Waals surface area contributed by atoms with Gasteiger partial charge in [0.2, 0.25) is 10.0 Å².